The summed E-state index contributed by atoms with van der Waals surface area (Å²) in [6.07, 6.45) is 9.22. The Morgan fingerprint density at radius 2 is 1.76 bits per heavy atom. The van der Waals surface area contributed by atoms with Gasteiger partial charge < -0.3 is 4.90 Å². The van der Waals surface area contributed by atoms with Gasteiger partial charge in [0.05, 0.1) is 6.04 Å². The van der Waals surface area contributed by atoms with Gasteiger partial charge in [-0.05, 0) is 54.0 Å². The fraction of sp³-hybridized carbons (Fsp3) is 0.483. The summed E-state index contributed by atoms with van der Waals surface area (Å²) >= 11 is 1.69. The van der Waals surface area contributed by atoms with Gasteiger partial charge in [-0.2, -0.15) is 5.11 Å². The summed E-state index contributed by atoms with van der Waals surface area (Å²) in [5, 5.41) is 6.45. The summed E-state index contributed by atoms with van der Waals surface area (Å²) in [5.74, 6) is 0.364. The second-order valence-electron chi connectivity index (χ2n) is 10.4. The van der Waals surface area contributed by atoms with Crippen LogP contribution in [0.25, 0.3) is 0 Å². The first kappa shape index (κ1) is 25.6. The Labute approximate surface area is 222 Å². The fourth-order valence-corrected chi connectivity index (χ4v) is 7.00. The molecule has 1 saturated heterocycles. The molecule has 2 unspecified atom stereocenters. The number of carbonyl (C=O) groups is 3. The number of thioether (sulfide) groups is 1. The smallest absolute Gasteiger partial charge is 0.255 e. The molecule has 2 aliphatic heterocycles. The van der Waals surface area contributed by atoms with E-state index < -0.39 is 6.04 Å². The van der Waals surface area contributed by atoms with Crippen molar-refractivity contribution in [3.8, 4) is 0 Å². The van der Waals surface area contributed by atoms with Crippen LogP contribution >= 0.6 is 11.8 Å². The Morgan fingerprint density at radius 1 is 1.00 bits per heavy atom. The number of amides is 3. The largest absolute Gasteiger partial charge is 0.322 e. The summed E-state index contributed by atoms with van der Waals surface area (Å²) in [5.41, 5.74) is 11.8. The molecule has 3 amide bonds. The zero-order valence-electron chi connectivity index (χ0n) is 21.1. The molecule has 2 heterocycles. The summed E-state index contributed by atoms with van der Waals surface area (Å²) in [6.45, 7) is 0.380. The third-order valence-electron chi connectivity index (χ3n) is 7.96. The molecule has 1 saturated carbocycles. The Kier molecular flexibility index (Phi) is 8.03. The van der Waals surface area contributed by atoms with Gasteiger partial charge in [-0.15, -0.1) is 11.8 Å². The van der Waals surface area contributed by atoms with Crippen LogP contribution in [-0.4, -0.2) is 28.7 Å². The molecule has 194 valence electrons. The molecule has 2 fully saturated rings. The summed E-state index contributed by atoms with van der Waals surface area (Å²) in [6, 6.07) is 13.5. The van der Waals surface area contributed by atoms with Gasteiger partial charge in [-0.3, -0.25) is 19.7 Å². The van der Waals surface area contributed by atoms with E-state index in [9.17, 15) is 14.4 Å². The van der Waals surface area contributed by atoms with E-state index in [-0.39, 0.29) is 30.2 Å². The third-order valence-corrected chi connectivity index (χ3v) is 9.13. The molecule has 0 aromatic heterocycles. The number of benzene rings is 2. The van der Waals surface area contributed by atoms with Crippen LogP contribution in [0.5, 0.6) is 0 Å². The predicted octanol–water partition coefficient (Wildman–Crippen LogP) is 6.17. The molecular weight excluding hydrogens is 484 g/mol. The number of carbonyl (C=O) groups excluding carboxylic acids is 3. The van der Waals surface area contributed by atoms with Crippen LogP contribution in [0.15, 0.2) is 52.5 Å². The second kappa shape index (κ2) is 11.6. The van der Waals surface area contributed by atoms with Crippen LogP contribution < -0.4 is 5.32 Å². The molecule has 2 aromatic carbocycles. The minimum absolute atomic E-state index is 0.0799. The van der Waals surface area contributed by atoms with Gasteiger partial charge in [0.1, 0.15) is 6.04 Å². The first-order valence-electron chi connectivity index (χ1n) is 13.4. The Bertz CT molecular complexity index is 1190. The maximum absolute atomic E-state index is 13.1. The zero-order chi connectivity index (χ0) is 25.8. The average molecular weight is 519 g/mol. The number of rotatable bonds is 7. The first-order chi connectivity index (χ1) is 18.0. The molecular formula is C29H34N4O3S. The van der Waals surface area contributed by atoms with E-state index in [1.54, 1.807) is 16.7 Å². The van der Waals surface area contributed by atoms with Crippen LogP contribution in [0.2, 0.25) is 0 Å². The quantitative estimate of drug-likeness (QED) is 0.260. The molecule has 0 radical (unpaired) electrons. The highest BCUT2D eigenvalue weighted by molar-refractivity contribution is 7.98. The van der Waals surface area contributed by atoms with Crippen molar-refractivity contribution >= 4 is 29.5 Å². The van der Waals surface area contributed by atoms with Crippen molar-refractivity contribution in [1.29, 1.82) is 5.53 Å². The van der Waals surface area contributed by atoms with E-state index in [4.69, 9.17) is 5.53 Å². The van der Waals surface area contributed by atoms with E-state index in [0.29, 0.717) is 24.4 Å². The Hall–Kier alpha value is -3.00. The Balaban J connectivity index is 1.29. The molecule has 8 heteroatoms. The summed E-state index contributed by atoms with van der Waals surface area (Å²) in [4.78, 5) is 39.7. The minimum atomic E-state index is -0.606. The van der Waals surface area contributed by atoms with Crippen LogP contribution in [0.4, 0.5) is 0 Å². The SMILES string of the molecule is N=NC(c1cccc(CSc2cccc3c2CN(C2CCC(=O)NC2=O)C3=O)c1)C1CCCCCCC1. The van der Waals surface area contributed by atoms with E-state index in [1.165, 1.54) is 37.7 Å². The van der Waals surface area contributed by atoms with E-state index in [1.807, 2.05) is 18.2 Å². The van der Waals surface area contributed by atoms with Gasteiger partial charge >= 0.3 is 0 Å². The number of imide groups is 1. The molecule has 3 aliphatic rings. The van der Waals surface area contributed by atoms with Crippen molar-refractivity contribution in [1.82, 2.24) is 10.2 Å². The fourth-order valence-electron chi connectivity index (χ4n) is 5.98. The molecule has 0 bridgehead atoms. The van der Waals surface area contributed by atoms with Gasteiger partial charge in [-0.25, -0.2) is 5.53 Å². The van der Waals surface area contributed by atoms with Crippen LogP contribution in [0.1, 0.15) is 90.9 Å². The normalized spacial score (nSPS) is 21.7. The highest BCUT2D eigenvalue weighted by Crippen LogP contribution is 2.38. The van der Waals surface area contributed by atoms with Gasteiger partial charge in [0.15, 0.2) is 0 Å². The lowest BCUT2D eigenvalue weighted by Crippen LogP contribution is -2.52. The molecule has 37 heavy (non-hydrogen) atoms. The Morgan fingerprint density at radius 3 is 2.51 bits per heavy atom. The number of hydrogen-bond acceptors (Lipinski definition) is 6. The van der Waals surface area contributed by atoms with Crippen LogP contribution in [0, 0.1) is 11.4 Å². The number of piperidine rings is 1. The van der Waals surface area contributed by atoms with Crippen LogP contribution in [0.3, 0.4) is 0 Å². The van der Waals surface area contributed by atoms with Crippen molar-refractivity contribution in [3.05, 3.63) is 64.7 Å². The van der Waals surface area contributed by atoms with Crippen molar-refractivity contribution in [2.75, 3.05) is 0 Å². The predicted molar refractivity (Wildman–Crippen MR) is 142 cm³/mol. The van der Waals surface area contributed by atoms with Gasteiger partial charge in [0.25, 0.3) is 5.91 Å². The van der Waals surface area contributed by atoms with Crippen molar-refractivity contribution < 1.29 is 14.4 Å². The van der Waals surface area contributed by atoms with Gasteiger partial charge in [0, 0.05) is 29.2 Å². The summed E-state index contributed by atoms with van der Waals surface area (Å²) < 4.78 is 0. The second-order valence-corrected chi connectivity index (χ2v) is 11.4. The molecule has 0 spiro atoms. The highest BCUT2D eigenvalue weighted by Gasteiger charge is 2.39. The first-order valence-corrected chi connectivity index (χ1v) is 14.4. The van der Waals surface area contributed by atoms with Crippen molar-refractivity contribution in [3.63, 3.8) is 0 Å². The lowest BCUT2D eigenvalue weighted by Gasteiger charge is -2.29. The topological polar surface area (TPSA) is 103 Å². The molecule has 2 aromatic rings. The standard InChI is InChI=1S/C29H34N4O3S/c30-32-27(20-9-4-2-1-3-5-10-20)21-11-6-8-19(16-21)18-37-25-13-7-12-22-23(25)17-33(29(22)36)24-14-15-26(34)31-28(24)35/h6-8,11-13,16,20,24,27,30H,1-5,9-10,14-15,17-18H2,(H,31,34,35). The van der Waals surface area contributed by atoms with E-state index in [2.05, 4.69) is 34.7 Å². The molecule has 2 atom stereocenters. The van der Waals surface area contributed by atoms with Crippen LogP contribution in [-0.2, 0) is 21.9 Å². The van der Waals surface area contributed by atoms with Crippen molar-refractivity contribution in [2.24, 2.45) is 11.0 Å². The zero-order valence-corrected chi connectivity index (χ0v) is 21.9. The number of fused-ring (bicyclic) bond motifs is 1. The van der Waals surface area contributed by atoms with Gasteiger partial charge in [0.2, 0.25) is 11.8 Å². The molecule has 1 aliphatic carbocycles. The molecule has 2 N–H and O–H groups in total. The van der Waals surface area contributed by atoms with Gasteiger partial charge in [-0.1, -0.05) is 62.4 Å². The summed E-state index contributed by atoms with van der Waals surface area (Å²) in [7, 11) is 0. The lowest BCUT2D eigenvalue weighted by molar-refractivity contribution is -0.136. The van der Waals surface area contributed by atoms with Crippen molar-refractivity contribution in [2.45, 2.75) is 87.1 Å². The highest BCUT2D eigenvalue weighted by atomic mass is 32.2. The number of hydrogen-bond donors (Lipinski definition) is 2. The molecule has 5 rings (SSSR count). The monoisotopic (exact) mass is 518 g/mol. The average Bonchev–Trinajstić information content (AvgIpc) is 3.21. The maximum atomic E-state index is 13.1. The number of nitrogens with zero attached hydrogens (tertiary/aromatic N) is 2. The third kappa shape index (κ3) is 5.64. The molecule has 7 nitrogen and oxygen atoms in total. The van der Waals surface area contributed by atoms with E-state index >= 15 is 0 Å². The minimum Gasteiger partial charge on any atom is -0.322 e. The maximum Gasteiger partial charge on any atom is 0.255 e. The lowest BCUT2D eigenvalue weighted by atomic mass is 9.83. The number of nitrogens with one attached hydrogen (secondary N) is 2. The van der Waals surface area contributed by atoms with E-state index in [0.717, 1.165) is 34.6 Å².